The van der Waals surface area contributed by atoms with Gasteiger partial charge in [0.15, 0.2) is 0 Å². The quantitative estimate of drug-likeness (QED) is 0.791. The molecular weight excluding hydrogens is 264 g/mol. The van der Waals surface area contributed by atoms with E-state index in [1.165, 1.54) is 6.42 Å². The lowest BCUT2D eigenvalue weighted by atomic mass is 9.83. The van der Waals surface area contributed by atoms with Gasteiger partial charge in [0.2, 0.25) is 0 Å². The van der Waals surface area contributed by atoms with Crippen LogP contribution >= 0.6 is 0 Å². The van der Waals surface area contributed by atoms with Crippen molar-refractivity contribution in [1.29, 1.82) is 0 Å². The predicted octanol–water partition coefficient (Wildman–Crippen LogP) is 2.73. The molecule has 1 heterocycles. The summed E-state index contributed by atoms with van der Waals surface area (Å²) < 4.78 is 0. The van der Waals surface area contributed by atoms with E-state index in [0.29, 0.717) is 30.3 Å². The van der Waals surface area contributed by atoms with Crippen LogP contribution in [-0.4, -0.2) is 46.2 Å². The Morgan fingerprint density at radius 1 is 1.38 bits per heavy atom. The van der Waals surface area contributed by atoms with Crippen LogP contribution in [0.3, 0.4) is 0 Å². The molecule has 2 rings (SSSR count). The van der Waals surface area contributed by atoms with Gasteiger partial charge >= 0.3 is 5.97 Å². The molecule has 21 heavy (non-hydrogen) atoms. The number of hydrogen-bond donors (Lipinski definition) is 2. The summed E-state index contributed by atoms with van der Waals surface area (Å²) in [5.74, 6) is 0.668. The smallest absolute Gasteiger partial charge is 0.323 e. The van der Waals surface area contributed by atoms with Crippen molar-refractivity contribution in [2.75, 3.05) is 6.54 Å². The van der Waals surface area contributed by atoms with Crippen LogP contribution in [0.5, 0.6) is 0 Å². The molecule has 4 heteroatoms. The van der Waals surface area contributed by atoms with E-state index < -0.39 is 11.5 Å². The zero-order valence-corrected chi connectivity index (χ0v) is 14.2. The second-order valence-electron chi connectivity index (χ2n) is 7.86. The summed E-state index contributed by atoms with van der Waals surface area (Å²) in [6, 6.07) is 1.24. The molecule has 2 fully saturated rings. The van der Waals surface area contributed by atoms with Gasteiger partial charge in [0.25, 0.3) is 0 Å². The molecule has 0 aromatic heterocycles. The Hall–Kier alpha value is -0.610. The highest BCUT2D eigenvalue weighted by molar-refractivity contribution is 5.78. The maximum atomic E-state index is 11.7. The van der Waals surface area contributed by atoms with Crippen LogP contribution in [-0.2, 0) is 4.79 Å². The number of aliphatic carboxylic acids is 1. The summed E-state index contributed by atoms with van der Waals surface area (Å²) in [6.45, 7) is 12.0. The third-order valence-electron chi connectivity index (χ3n) is 5.49. The van der Waals surface area contributed by atoms with Gasteiger partial charge < -0.3 is 5.11 Å². The van der Waals surface area contributed by atoms with Gasteiger partial charge in [-0.05, 0) is 58.3 Å². The number of nitrogens with one attached hydrogen (secondary N) is 1. The Bertz CT molecular complexity index is 383. The van der Waals surface area contributed by atoms with Crippen molar-refractivity contribution in [1.82, 2.24) is 10.2 Å². The van der Waals surface area contributed by atoms with Gasteiger partial charge in [-0.25, -0.2) is 0 Å². The van der Waals surface area contributed by atoms with Crippen LogP contribution < -0.4 is 5.32 Å². The number of nitrogens with zero attached hydrogens (tertiary/aromatic N) is 1. The fourth-order valence-electron chi connectivity index (χ4n) is 3.93. The average Bonchev–Trinajstić information content (AvgIpc) is 3.16. The van der Waals surface area contributed by atoms with Crippen LogP contribution in [0.4, 0.5) is 0 Å². The van der Waals surface area contributed by atoms with Crippen molar-refractivity contribution in [2.45, 2.75) is 84.0 Å². The summed E-state index contributed by atoms with van der Waals surface area (Å²) in [6.07, 6.45) is 4.18. The number of piperidine rings is 1. The summed E-state index contributed by atoms with van der Waals surface area (Å²) in [4.78, 5) is 14.3. The monoisotopic (exact) mass is 296 g/mol. The molecule has 5 atom stereocenters. The molecule has 1 saturated carbocycles. The van der Waals surface area contributed by atoms with Gasteiger partial charge in [0.1, 0.15) is 5.54 Å². The molecule has 0 bridgehead atoms. The van der Waals surface area contributed by atoms with E-state index in [2.05, 4.69) is 37.9 Å². The fraction of sp³-hybridized carbons (Fsp3) is 0.941. The Morgan fingerprint density at radius 3 is 2.52 bits per heavy atom. The van der Waals surface area contributed by atoms with E-state index in [4.69, 9.17) is 0 Å². The van der Waals surface area contributed by atoms with Gasteiger partial charge in [-0.3, -0.25) is 15.0 Å². The summed E-state index contributed by atoms with van der Waals surface area (Å²) in [5, 5.41) is 13.0. The molecule has 0 amide bonds. The molecule has 1 saturated heterocycles. The Morgan fingerprint density at radius 2 is 2.00 bits per heavy atom. The Labute approximate surface area is 129 Å². The van der Waals surface area contributed by atoms with Crippen LogP contribution in [0.2, 0.25) is 0 Å². The number of likely N-dealkylation sites (tertiary alicyclic amines) is 1. The minimum Gasteiger partial charge on any atom is -0.480 e. The molecule has 2 aliphatic rings. The van der Waals surface area contributed by atoms with Crippen LogP contribution in [0.15, 0.2) is 0 Å². The van der Waals surface area contributed by atoms with Crippen molar-refractivity contribution < 1.29 is 9.90 Å². The van der Waals surface area contributed by atoms with Gasteiger partial charge in [0, 0.05) is 24.7 Å². The van der Waals surface area contributed by atoms with E-state index in [0.717, 1.165) is 19.4 Å². The second kappa shape index (κ2) is 6.25. The highest BCUT2D eigenvalue weighted by atomic mass is 16.4. The molecule has 2 N–H and O–H groups in total. The van der Waals surface area contributed by atoms with E-state index >= 15 is 0 Å². The lowest BCUT2D eigenvalue weighted by Crippen LogP contribution is -2.57. The first-order chi connectivity index (χ1) is 9.73. The first-order valence-corrected chi connectivity index (χ1v) is 8.49. The molecule has 0 aromatic rings. The molecule has 1 aliphatic heterocycles. The zero-order chi connectivity index (χ0) is 15.8. The number of carboxylic acid groups (broad SMARTS) is 1. The van der Waals surface area contributed by atoms with E-state index in [9.17, 15) is 9.90 Å². The third kappa shape index (κ3) is 3.98. The topological polar surface area (TPSA) is 52.6 Å². The van der Waals surface area contributed by atoms with Gasteiger partial charge in [-0.2, -0.15) is 0 Å². The zero-order valence-electron chi connectivity index (χ0n) is 14.2. The first kappa shape index (κ1) is 16.8. The number of hydrogen-bond acceptors (Lipinski definition) is 3. The maximum absolute atomic E-state index is 11.7. The molecule has 5 unspecified atom stereocenters. The van der Waals surface area contributed by atoms with E-state index in [-0.39, 0.29) is 6.04 Å². The molecule has 122 valence electrons. The average molecular weight is 296 g/mol. The molecule has 4 nitrogen and oxygen atoms in total. The lowest BCUT2D eigenvalue weighted by molar-refractivity contribution is -0.145. The third-order valence-corrected chi connectivity index (χ3v) is 5.49. The number of carboxylic acids is 1. The standard InChI is InChI=1S/C17H32N2O2/c1-11-8-12(2)14(4)19(10-11)13(3)9-17(5,16(20)21)18-15-6-7-15/h11-15,18H,6-10H2,1-5H3,(H,20,21). The molecule has 0 radical (unpaired) electrons. The lowest BCUT2D eigenvalue weighted by Gasteiger charge is -2.46. The SMILES string of the molecule is CC1CC(C)C(C)N(C(C)CC(C)(NC2CC2)C(=O)O)C1. The molecule has 0 aromatic carbocycles. The summed E-state index contributed by atoms with van der Waals surface area (Å²) >= 11 is 0. The highest BCUT2D eigenvalue weighted by Gasteiger charge is 2.42. The Balaban J connectivity index is 2.03. The van der Waals surface area contributed by atoms with Crippen molar-refractivity contribution >= 4 is 5.97 Å². The molecule has 1 aliphatic carbocycles. The van der Waals surface area contributed by atoms with Gasteiger partial charge in [0.05, 0.1) is 0 Å². The van der Waals surface area contributed by atoms with E-state index in [1.54, 1.807) is 0 Å². The number of rotatable bonds is 6. The van der Waals surface area contributed by atoms with Crippen molar-refractivity contribution in [3.63, 3.8) is 0 Å². The fourth-order valence-corrected chi connectivity index (χ4v) is 3.93. The first-order valence-electron chi connectivity index (χ1n) is 8.49. The van der Waals surface area contributed by atoms with Crippen LogP contribution in [0.1, 0.15) is 60.3 Å². The maximum Gasteiger partial charge on any atom is 0.323 e. The highest BCUT2D eigenvalue weighted by Crippen LogP contribution is 2.32. The van der Waals surface area contributed by atoms with Crippen molar-refractivity contribution in [3.8, 4) is 0 Å². The van der Waals surface area contributed by atoms with Gasteiger partial charge in [-0.1, -0.05) is 13.8 Å². The van der Waals surface area contributed by atoms with Gasteiger partial charge in [-0.15, -0.1) is 0 Å². The minimum absolute atomic E-state index is 0.289. The Kier molecular flexibility index (Phi) is 4.99. The number of carbonyl (C=O) groups is 1. The summed E-state index contributed by atoms with van der Waals surface area (Å²) in [7, 11) is 0. The predicted molar refractivity (Wildman–Crippen MR) is 85.4 cm³/mol. The summed E-state index contributed by atoms with van der Waals surface area (Å²) in [5.41, 5.74) is -0.801. The largest absolute Gasteiger partial charge is 0.480 e. The van der Waals surface area contributed by atoms with Crippen LogP contribution in [0.25, 0.3) is 0 Å². The van der Waals surface area contributed by atoms with Crippen molar-refractivity contribution in [3.05, 3.63) is 0 Å². The van der Waals surface area contributed by atoms with Crippen LogP contribution in [0, 0.1) is 11.8 Å². The second-order valence-corrected chi connectivity index (χ2v) is 7.86. The minimum atomic E-state index is -0.801. The molecular formula is C17H32N2O2. The molecule has 0 spiro atoms. The van der Waals surface area contributed by atoms with Crippen molar-refractivity contribution in [2.24, 2.45) is 11.8 Å². The van der Waals surface area contributed by atoms with E-state index in [1.807, 2.05) is 6.92 Å². The normalized spacial score (nSPS) is 35.2.